The van der Waals surface area contributed by atoms with E-state index in [4.69, 9.17) is 4.84 Å². The molecule has 0 aromatic rings. The van der Waals surface area contributed by atoms with Gasteiger partial charge < -0.3 is 5.11 Å². The van der Waals surface area contributed by atoms with E-state index >= 15 is 0 Å². The summed E-state index contributed by atoms with van der Waals surface area (Å²) in [6.07, 6.45) is 6.75. The van der Waals surface area contributed by atoms with Gasteiger partial charge in [-0.05, 0) is 31.1 Å². The maximum Gasteiger partial charge on any atom is 0.275 e. The Morgan fingerprint density at radius 3 is 2.35 bits per heavy atom. The van der Waals surface area contributed by atoms with Crippen LogP contribution in [0, 0.1) is 5.41 Å². The van der Waals surface area contributed by atoms with E-state index in [-0.39, 0.29) is 17.4 Å². The third-order valence-electron chi connectivity index (χ3n) is 3.84. The topological polar surface area (TPSA) is 58.6 Å². The molecule has 0 heterocycles. The van der Waals surface area contributed by atoms with Gasteiger partial charge in [0.1, 0.15) is 5.60 Å². The minimum absolute atomic E-state index is 0.0664. The van der Waals surface area contributed by atoms with Crippen LogP contribution in [0.5, 0.6) is 0 Å². The highest BCUT2D eigenvalue weighted by molar-refractivity contribution is 5.85. The van der Waals surface area contributed by atoms with Gasteiger partial charge in [0.2, 0.25) is 0 Å². The standard InChI is InChI=1S/C13H23NO3/c1-12(2)8-13(16,9-12)11(15)14-17-10-6-4-3-5-7-10/h10,16H,3-9H2,1-2H3,(H,14,15). The average molecular weight is 241 g/mol. The van der Waals surface area contributed by atoms with Gasteiger partial charge >= 0.3 is 0 Å². The Morgan fingerprint density at radius 1 is 1.24 bits per heavy atom. The molecule has 0 unspecified atom stereocenters. The first-order chi connectivity index (χ1) is 7.91. The fraction of sp³-hybridized carbons (Fsp3) is 0.923. The smallest absolute Gasteiger partial charge is 0.275 e. The van der Waals surface area contributed by atoms with E-state index in [1.54, 1.807) is 0 Å². The van der Waals surface area contributed by atoms with Gasteiger partial charge in [-0.2, -0.15) is 0 Å². The molecule has 1 amide bonds. The van der Waals surface area contributed by atoms with Crippen LogP contribution in [-0.4, -0.2) is 22.7 Å². The third kappa shape index (κ3) is 2.99. The summed E-state index contributed by atoms with van der Waals surface area (Å²) in [5, 5.41) is 10.1. The zero-order valence-electron chi connectivity index (χ0n) is 10.8. The van der Waals surface area contributed by atoms with Crippen LogP contribution in [0.1, 0.15) is 58.8 Å². The molecule has 0 spiro atoms. The zero-order valence-corrected chi connectivity index (χ0v) is 10.8. The van der Waals surface area contributed by atoms with Crippen LogP contribution in [0.2, 0.25) is 0 Å². The van der Waals surface area contributed by atoms with Gasteiger partial charge in [0.15, 0.2) is 0 Å². The Labute approximate surface area is 103 Å². The van der Waals surface area contributed by atoms with E-state index < -0.39 is 5.60 Å². The maximum absolute atomic E-state index is 11.8. The summed E-state index contributed by atoms with van der Waals surface area (Å²) in [4.78, 5) is 17.2. The summed E-state index contributed by atoms with van der Waals surface area (Å²) in [5.74, 6) is -0.373. The van der Waals surface area contributed by atoms with Crippen LogP contribution in [0.4, 0.5) is 0 Å². The van der Waals surface area contributed by atoms with Crippen LogP contribution in [0.15, 0.2) is 0 Å². The lowest BCUT2D eigenvalue weighted by atomic mass is 9.61. The van der Waals surface area contributed by atoms with Crippen LogP contribution in [0.25, 0.3) is 0 Å². The molecule has 0 saturated heterocycles. The molecule has 2 saturated carbocycles. The maximum atomic E-state index is 11.8. The molecule has 0 atom stereocenters. The Hall–Kier alpha value is -0.610. The van der Waals surface area contributed by atoms with Crippen LogP contribution >= 0.6 is 0 Å². The Morgan fingerprint density at radius 2 is 1.82 bits per heavy atom. The molecule has 2 rings (SSSR count). The molecule has 17 heavy (non-hydrogen) atoms. The molecule has 0 aromatic heterocycles. The lowest BCUT2D eigenvalue weighted by Crippen LogP contribution is -2.59. The van der Waals surface area contributed by atoms with Crippen LogP contribution in [0.3, 0.4) is 0 Å². The van der Waals surface area contributed by atoms with Gasteiger partial charge in [-0.1, -0.05) is 33.1 Å². The van der Waals surface area contributed by atoms with Crippen molar-refractivity contribution in [1.82, 2.24) is 5.48 Å². The van der Waals surface area contributed by atoms with Crippen molar-refractivity contribution in [2.45, 2.75) is 70.5 Å². The minimum Gasteiger partial charge on any atom is -0.380 e. The van der Waals surface area contributed by atoms with Gasteiger partial charge in [0, 0.05) is 0 Å². The molecule has 98 valence electrons. The summed E-state index contributed by atoms with van der Waals surface area (Å²) in [6, 6.07) is 0. The number of hydrogen-bond donors (Lipinski definition) is 2. The van der Waals surface area contributed by atoms with E-state index in [2.05, 4.69) is 19.3 Å². The number of hydrogen-bond acceptors (Lipinski definition) is 3. The molecular weight excluding hydrogens is 218 g/mol. The molecule has 2 N–H and O–H groups in total. The Bertz CT molecular complexity index is 287. The first kappa shape index (κ1) is 12.8. The summed E-state index contributed by atoms with van der Waals surface area (Å²) in [7, 11) is 0. The number of amides is 1. The van der Waals surface area contributed by atoms with Gasteiger partial charge in [-0.15, -0.1) is 0 Å². The minimum atomic E-state index is -1.21. The number of rotatable bonds is 3. The van der Waals surface area contributed by atoms with Crippen LogP contribution in [-0.2, 0) is 9.63 Å². The highest BCUT2D eigenvalue weighted by Gasteiger charge is 2.53. The molecule has 2 fully saturated rings. The van der Waals surface area contributed by atoms with Crippen molar-refractivity contribution >= 4 is 5.91 Å². The van der Waals surface area contributed by atoms with E-state index in [1.165, 1.54) is 6.42 Å². The summed E-state index contributed by atoms with van der Waals surface area (Å²) < 4.78 is 0. The van der Waals surface area contributed by atoms with Crippen molar-refractivity contribution in [1.29, 1.82) is 0 Å². The Kier molecular flexibility index (Phi) is 3.46. The van der Waals surface area contributed by atoms with Crippen molar-refractivity contribution in [3.05, 3.63) is 0 Å². The van der Waals surface area contributed by atoms with Crippen molar-refractivity contribution < 1.29 is 14.7 Å². The highest BCUT2D eigenvalue weighted by atomic mass is 16.7. The second kappa shape index (κ2) is 4.58. The molecule has 2 aliphatic carbocycles. The molecule has 4 heteroatoms. The zero-order chi connectivity index (χ0) is 12.5. The Balaban J connectivity index is 1.74. The number of hydroxylamine groups is 1. The molecule has 4 nitrogen and oxygen atoms in total. The predicted octanol–water partition coefficient (Wildman–Crippen LogP) is 1.92. The highest BCUT2D eigenvalue weighted by Crippen LogP contribution is 2.47. The van der Waals surface area contributed by atoms with Gasteiger partial charge in [0.05, 0.1) is 6.10 Å². The molecule has 0 aliphatic heterocycles. The fourth-order valence-electron chi connectivity index (χ4n) is 3.11. The molecule has 2 aliphatic rings. The number of carbonyl (C=O) groups excluding carboxylic acids is 1. The van der Waals surface area contributed by atoms with E-state index in [9.17, 15) is 9.90 Å². The van der Waals surface area contributed by atoms with Crippen molar-refractivity contribution in [3.63, 3.8) is 0 Å². The largest absolute Gasteiger partial charge is 0.380 e. The van der Waals surface area contributed by atoms with Crippen molar-refractivity contribution in [2.24, 2.45) is 5.41 Å². The van der Waals surface area contributed by atoms with Gasteiger partial charge in [-0.3, -0.25) is 9.63 Å². The van der Waals surface area contributed by atoms with Crippen LogP contribution < -0.4 is 5.48 Å². The molecular formula is C13H23NO3. The van der Waals surface area contributed by atoms with E-state index in [0.717, 1.165) is 25.7 Å². The monoisotopic (exact) mass is 241 g/mol. The number of carbonyl (C=O) groups is 1. The van der Waals surface area contributed by atoms with Crippen molar-refractivity contribution in [2.75, 3.05) is 0 Å². The average Bonchev–Trinajstić information content (AvgIpc) is 2.24. The first-order valence-electron chi connectivity index (χ1n) is 6.60. The third-order valence-corrected chi connectivity index (χ3v) is 3.84. The predicted molar refractivity (Wildman–Crippen MR) is 64.1 cm³/mol. The number of aliphatic hydroxyl groups is 1. The first-order valence-corrected chi connectivity index (χ1v) is 6.60. The van der Waals surface area contributed by atoms with Crippen molar-refractivity contribution in [3.8, 4) is 0 Å². The molecule has 0 bridgehead atoms. The quantitative estimate of drug-likeness (QED) is 0.742. The van der Waals surface area contributed by atoms with Gasteiger partial charge in [0.25, 0.3) is 5.91 Å². The summed E-state index contributed by atoms with van der Waals surface area (Å²) in [6.45, 7) is 4.10. The molecule has 0 aromatic carbocycles. The SMILES string of the molecule is CC1(C)CC(O)(C(=O)NOC2CCCCC2)C1. The second-order valence-corrected chi connectivity index (χ2v) is 6.36. The lowest BCUT2D eigenvalue weighted by Gasteiger charge is -2.48. The summed E-state index contributed by atoms with van der Waals surface area (Å²) in [5.41, 5.74) is 1.30. The second-order valence-electron chi connectivity index (χ2n) is 6.36. The van der Waals surface area contributed by atoms with E-state index in [0.29, 0.717) is 12.8 Å². The summed E-state index contributed by atoms with van der Waals surface area (Å²) >= 11 is 0. The lowest BCUT2D eigenvalue weighted by molar-refractivity contribution is -0.181. The number of nitrogens with one attached hydrogen (secondary N) is 1. The molecule has 0 radical (unpaired) electrons. The van der Waals surface area contributed by atoms with Gasteiger partial charge in [-0.25, -0.2) is 5.48 Å². The van der Waals surface area contributed by atoms with E-state index in [1.807, 2.05) is 0 Å². The normalized spacial score (nSPS) is 27.2. The fourth-order valence-corrected chi connectivity index (χ4v) is 3.11.